The number of pyridine rings is 1. The molecule has 0 atom stereocenters. The fourth-order valence-corrected chi connectivity index (χ4v) is 8.12. The molecule has 0 fully saturated rings. The van der Waals surface area contributed by atoms with Gasteiger partial charge in [0.2, 0.25) is 6.71 Å². The Morgan fingerprint density at radius 3 is 2.03 bits per heavy atom. The molecule has 0 aliphatic heterocycles. The van der Waals surface area contributed by atoms with Crippen LogP contribution in [0.1, 0.15) is 26.3 Å². The molecule has 10 aromatic rings. The van der Waals surface area contributed by atoms with E-state index in [1.807, 2.05) is 30.5 Å². The molecule has 10 rings (SSSR count). The van der Waals surface area contributed by atoms with E-state index in [4.69, 9.17) is 9.72 Å². The summed E-state index contributed by atoms with van der Waals surface area (Å²) in [5.74, 6) is 2.02. The molecule has 3 heterocycles. The summed E-state index contributed by atoms with van der Waals surface area (Å²) in [7, 11) is 0. The van der Waals surface area contributed by atoms with E-state index in [1.165, 1.54) is 22.0 Å². The SMILES string of the molecule is CC(C)(C)c1ccnc(-n2c3[c-]c(Oc4[c-]c(-n5[c-][n+](-c6ccccc6B(c6ccccc6)c6ccccc6)c6ccccc65)ccc4)ccc3c3ccccc32)c1.[Pt]. The number of ether oxygens (including phenoxy) is 1. The summed E-state index contributed by atoms with van der Waals surface area (Å²) in [4.78, 5) is 4.84. The van der Waals surface area contributed by atoms with E-state index < -0.39 is 0 Å². The molecule has 0 spiro atoms. The summed E-state index contributed by atoms with van der Waals surface area (Å²) in [6, 6.07) is 68.4. The van der Waals surface area contributed by atoms with Crippen LogP contribution < -0.4 is 25.7 Å². The fourth-order valence-electron chi connectivity index (χ4n) is 8.12. The molecule has 59 heavy (non-hydrogen) atoms. The first kappa shape index (κ1) is 38.1. The van der Waals surface area contributed by atoms with Crippen molar-refractivity contribution in [2.75, 3.05) is 0 Å². The van der Waals surface area contributed by atoms with E-state index in [2.05, 4.69) is 205 Å². The zero-order valence-corrected chi connectivity index (χ0v) is 35.2. The maximum atomic E-state index is 6.59. The summed E-state index contributed by atoms with van der Waals surface area (Å²) in [6.45, 7) is 6.69. The summed E-state index contributed by atoms with van der Waals surface area (Å²) in [6.07, 6.45) is 5.62. The van der Waals surface area contributed by atoms with Crippen molar-refractivity contribution in [1.82, 2.24) is 14.1 Å². The van der Waals surface area contributed by atoms with Gasteiger partial charge in [-0.3, -0.25) is 4.57 Å². The molecule has 0 N–H and O–H groups in total. The minimum absolute atomic E-state index is 0. The molecule has 288 valence electrons. The number of hydrogen-bond acceptors (Lipinski definition) is 2. The largest absolute Gasteiger partial charge is 0.510 e. The van der Waals surface area contributed by atoms with E-state index in [9.17, 15) is 0 Å². The quantitative estimate of drug-likeness (QED) is 0.0866. The zero-order valence-electron chi connectivity index (χ0n) is 32.9. The summed E-state index contributed by atoms with van der Waals surface area (Å²) < 4.78 is 13.0. The maximum absolute atomic E-state index is 6.59. The Balaban J connectivity index is 0.00000449. The molecular weight excluding hydrogens is 902 g/mol. The molecule has 0 radical (unpaired) electrons. The van der Waals surface area contributed by atoms with E-state index >= 15 is 0 Å². The van der Waals surface area contributed by atoms with Crippen molar-refractivity contribution in [3.05, 3.63) is 206 Å². The number of rotatable bonds is 8. The average Bonchev–Trinajstić information content (AvgIpc) is 3.81. The van der Waals surface area contributed by atoms with E-state index in [0.29, 0.717) is 11.5 Å². The van der Waals surface area contributed by atoms with Crippen LogP contribution in [-0.2, 0) is 26.5 Å². The van der Waals surface area contributed by atoms with Gasteiger partial charge in [0.05, 0.1) is 16.7 Å². The van der Waals surface area contributed by atoms with Crippen LogP contribution in [0.15, 0.2) is 182 Å². The van der Waals surface area contributed by atoms with Gasteiger partial charge in [0, 0.05) is 44.3 Å². The van der Waals surface area contributed by atoms with Crippen molar-refractivity contribution in [2.45, 2.75) is 26.2 Å². The van der Waals surface area contributed by atoms with Gasteiger partial charge in [-0.15, -0.1) is 29.7 Å². The normalized spacial score (nSPS) is 11.5. The predicted molar refractivity (Wildman–Crippen MR) is 236 cm³/mol. The van der Waals surface area contributed by atoms with Gasteiger partial charge >= 0.3 is 0 Å². The van der Waals surface area contributed by atoms with Gasteiger partial charge in [0.1, 0.15) is 5.82 Å². The van der Waals surface area contributed by atoms with Crippen LogP contribution in [0, 0.1) is 18.5 Å². The molecule has 0 aliphatic rings. The average molecular weight is 942 g/mol. The molecule has 7 aromatic carbocycles. The number of benzene rings is 7. The zero-order chi connectivity index (χ0) is 39.2. The van der Waals surface area contributed by atoms with Gasteiger partial charge in [0.25, 0.3) is 6.33 Å². The molecular formula is C52H39BN4OPt-2. The van der Waals surface area contributed by atoms with E-state index in [0.717, 1.165) is 50.0 Å². The van der Waals surface area contributed by atoms with Crippen molar-refractivity contribution < 1.29 is 30.4 Å². The second-order valence-electron chi connectivity index (χ2n) is 15.7. The van der Waals surface area contributed by atoms with E-state index in [-0.39, 0.29) is 33.2 Å². The number of fused-ring (bicyclic) bond motifs is 4. The molecule has 0 saturated carbocycles. The molecule has 3 aromatic heterocycles. The Hall–Kier alpha value is -6.49. The second kappa shape index (κ2) is 15.7. The fraction of sp³-hybridized carbons (Fsp3) is 0.0769. The van der Waals surface area contributed by atoms with Crippen molar-refractivity contribution >= 4 is 55.9 Å². The van der Waals surface area contributed by atoms with Crippen LogP contribution in [0.25, 0.3) is 50.0 Å². The van der Waals surface area contributed by atoms with E-state index in [1.54, 1.807) is 0 Å². The van der Waals surface area contributed by atoms with Gasteiger partial charge in [-0.05, 0) is 46.3 Å². The first-order valence-corrected chi connectivity index (χ1v) is 19.7. The van der Waals surface area contributed by atoms with Gasteiger partial charge in [0.15, 0.2) is 0 Å². The summed E-state index contributed by atoms with van der Waals surface area (Å²) in [5.41, 5.74) is 10.7. The van der Waals surface area contributed by atoms with Gasteiger partial charge in [-0.25, -0.2) is 4.98 Å². The Labute approximate surface area is 359 Å². The Morgan fingerprint density at radius 1 is 0.610 bits per heavy atom. The van der Waals surface area contributed by atoms with Gasteiger partial charge in [-0.1, -0.05) is 164 Å². The number of para-hydroxylation sites is 4. The first-order chi connectivity index (χ1) is 28.4. The Bertz CT molecular complexity index is 3060. The van der Waals surface area contributed by atoms with Crippen LogP contribution in [0.5, 0.6) is 11.5 Å². The van der Waals surface area contributed by atoms with Crippen LogP contribution >= 0.6 is 0 Å². The predicted octanol–water partition coefficient (Wildman–Crippen LogP) is 9.40. The number of imidazole rings is 1. The molecule has 7 heteroatoms. The molecule has 5 nitrogen and oxygen atoms in total. The molecule has 0 saturated heterocycles. The third-order valence-corrected chi connectivity index (χ3v) is 10.9. The van der Waals surface area contributed by atoms with Crippen LogP contribution in [0.2, 0.25) is 0 Å². The minimum Gasteiger partial charge on any atom is -0.510 e. The summed E-state index contributed by atoms with van der Waals surface area (Å²) in [5, 5.41) is 2.23. The van der Waals surface area contributed by atoms with Crippen LogP contribution in [0.3, 0.4) is 0 Å². The van der Waals surface area contributed by atoms with Crippen LogP contribution in [-0.4, -0.2) is 20.8 Å². The molecule has 0 amide bonds. The van der Waals surface area contributed by atoms with Crippen molar-refractivity contribution in [3.8, 4) is 28.7 Å². The first-order valence-electron chi connectivity index (χ1n) is 19.7. The standard InChI is InChI=1S/C52H39BN4O.Pt/c1-52(2,3)37-31-32-54-51(33-37)57-46-25-12-10-23-43(46)44-30-29-42(35-50(44)57)58-41-22-16-21-40(34-41)55-36-56(49-28-15-14-27-48(49)55)47-26-13-11-24-45(47)53(38-17-6-4-7-18-38)39-19-8-5-9-20-39;/h4-33H,1-3H3;/q-2;. The minimum atomic E-state index is -0.0207. The molecule has 0 bridgehead atoms. The number of nitrogens with zero attached hydrogens (tertiary/aromatic N) is 4. The number of hydrogen-bond donors (Lipinski definition) is 0. The van der Waals surface area contributed by atoms with Crippen molar-refractivity contribution in [3.63, 3.8) is 0 Å². The van der Waals surface area contributed by atoms with Gasteiger partial charge in [-0.2, -0.15) is 18.2 Å². The maximum Gasteiger partial charge on any atom is 0.268 e. The Kier molecular flexibility index (Phi) is 10.1. The smallest absolute Gasteiger partial charge is 0.268 e. The third-order valence-electron chi connectivity index (χ3n) is 10.9. The van der Waals surface area contributed by atoms with Crippen LogP contribution in [0.4, 0.5) is 0 Å². The van der Waals surface area contributed by atoms with Crippen molar-refractivity contribution in [1.29, 1.82) is 0 Å². The van der Waals surface area contributed by atoms with Crippen molar-refractivity contribution in [2.24, 2.45) is 0 Å². The van der Waals surface area contributed by atoms with Gasteiger partial charge < -0.3 is 13.9 Å². The topological polar surface area (TPSA) is 35.9 Å². The number of aromatic nitrogens is 4. The molecule has 0 unspecified atom stereocenters. The molecule has 0 aliphatic carbocycles. The summed E-state index contributed by atoms with van der Waals surface area (Å²) >= 11 is 0. The Morgan fingerprint density at radius 2 is 1.27 bits per heavy atom. The third kappa shape index (κ3) is 7.08. The monoisotopic (exact) mass is 941 g/mol. The second-order valence-corrected chi connectivity index (χ2v) is 15.7.